The summed E-state index contributed by atoms with van der Waals surface area (Å²) in [6.07, 6.45) is 7.12. The lowest BCUT2D eigenvalue weighted by Gasteiger charge is -2.40. The standard InChI is InChI=1S/C32H51N3O4/c1-13-24-16-14-15-17-25(24)27(28(36)34-31(7,8)9)35(23(6)19-18-21(2)3)29(37)26(20-22(4)5)33-30(38)39-32(10,11)12/h1,14-17,21-23,26-27H,18-20H2,2-12H3,(H,33,38)(H,34,36). The minimum absolute atomic E-state index is 0.0987. The molecule has 7 nitrogen and oxygen atoms in total. The number of rotatable bonds is 11. The third-order valence-corrected chi connectivity index (χ3v) is 6.02. The van der Waals surface area contributed by atoms with Gasteiger partial charge in [0.2, 0.25) is 11.8 Å². The number of nitrogens with one attached hydrogen (secondary N) is 2. The molecule has 218 valence electrons. The molecule has 0 spiro atoms. The Balaban J connectivity index is 3.76. The molecule has 0 aliphatic heterocycles. The Morgan fingerprint density at radius 2 is 1.54 bits per heavy atom. The lowest BCUT2D eigenvalue weighted by molar-refractivity contribution is -0.146. The molecule has 39 heavy (non-hydrogen) atoms. The van der Waals surface area contributed by atoms with Crippen LogP contribution in [-0.4, -0.2) is 46.0 Å². The van der Waals surface area contributed by atoms with Crippen molar-refractivity contribution < 1.29 is 19.1 Å². The van der Waals surface area contributed by atoms with Crippen molar-refractivity contribution in [1.82, 2.24) is 15.5 Å². The summed E-state index contributed by atoms with van der Waals surface area (Å²) in [4.78, 5) is 42.9. The molecule has 0 heterocycles. The molecule has 1 aromatic rings. The number of alkyl carbamates (subject to hydrolysis) is 1. The van der Waals surface area contributed by atoms with Crippen LogP contribution in [0.5, 0.6) is 0 Å². The van der Waals surface area contributed by atoms with Gasteiger partial charge in [0.15, 0.2) is 0 Å². The smallest absolute Gasteiger partial charge is 0.408 e. The van der Waals surface area contributed by atoms with Crippen LogP contribution in [0.3, 0.4) is 0 Å². The van der Waals surface area contributed by atoms with Crippen molar-refractivity contribution in [3.63, 3.8) is 0 Å². The zero-order valence-electron chi connectivity index (χ0n) is 26.0. The first-order chi connectivity index (χ1) is 17.9. The highest BCUT2D eigenvalue weighted by molar-refractivity contribution is 5.93. The number of benzene rings is 1. The van der Waals surface area contributed by atoms with Gasteiger partial charge in [0.1, 0.15) is 17.7 Å². The van der Waals surface area contributed by atoms with E-state index in [4.69, 9.17) is 11.2 Å². The second kappa shape index (κ2) is 14.4. The topological polar surface area (TPSA) is 87.7 Å². The maximum atomic E-state index is 14.5. The zero-order chi connectivity index (χ0) is 30.1. The van der Waals surface area contributed by atoms with E-state index in [0.717, 1.165) is 6.42 Å². The molecular weight excluding hydrogens is 490 g/mol. The molecule has 3 unspecified atom stereocenters. The predicted molar refractivity (Wildman–Crippen MR) is 158 cm³/mol. The fourth-order valence-corrected chi connectivity index (χ4v) is 4.36. The van der Waals surface area contributed by atoms with Crippen molar-refractivity contribution in [3.8, 4) is 12.3 Å². The van der Waals surface area contributed by atoms with Gasteiger partial charge in [0, 0.05) is 17.1 Å². The second-order valence-corrected chi connectivity index (χ2v) is 13.3. The second-order valence-electron chi connectivity index (χ2n) is 13.3. The van der Waals surface area contributed by atoms with Gasteiger partial charge in [-0.05, 0) is 91.2 Å². The lowest BCUT2D eigenvalue weighted by atomic mass is 9.92. The van der Waals surface area contributed by atoms with E-state index in [2.05, 4.69) is 30.4 Å². The number of carbonyl (C=O) groups is 3. The van der Waals surface area contributed by atoms with Crippen LogP contribution in [0.15, 0.2) is 24.3 Å². The van der Waals surface area contributed by atoms with Gasteiger partial charge >= 0.3 is 6.09 Å². The Morgan fingerprint density at radius 1 is 0.949 bits per heavy atom. The molecule has 0 radical (unpaired) electrons. The molecule has 0 fully saturated rings. The molecule has 2 N–H and O–H groups in total. The van der Waals surface area contributed by atoms with Crippen LogP contribution >= 0.6 is 0 Å². The van der Waals surface area contributed by atoms with Crippen LogP contribution in [0, 0.1) is 24.2 Å². The molecule has 0 aliphatic rings. The quantitative estimate of drug-likeness (QED) is 0.326. The number of carbonyl (C=O) groups excluding carboxylic acids is 3. The Kier molecular flexibility index (Phi) is 12.6. The van der Waals surface area contributed by atoms with Crippen molar-refractivity contribution in [2.75, 3.05) is 0 Å². The molecule has 3 atom stereocenters. The van der Waals surface area contributed by atoms with E-state index in [-0.39, 0.29) is 23.8 Å². The molecule has 1 rings (SSSR count). The lowest BCUT2D eigenvalue weighted by Crippen LogP contribution is -2.57. The minimum atomic E-state index is -0.985. The Labute approximate surface area is 236 Å². The molecular formula is C32H51N3O4. The summed E-state index contributed by atoms with van der Waals surface area (Å²) in [5, 5.41) is 5.86. The highest BCUT2D eigenvalue weighted by Crippen LogP contribution is 2.31. The van der Waals surface area contributed by atoms with Crippen molar-refractivity contribution in [3.05, 3.63) is 35.4 Å². The molecule has 3 amide bonds. The minimum Gasteiger partial charge on any atom is -0.444 e. The van der Waals surface area contributed by atoms with E-state index < -0.39 is 29.3 Å². The first-order valence-electron chi connectivity index (χ1n) is 14.1. The van der Waals surface area contributed by atoms with Crippen molar-refractivity contribution in [2.45, 2.75) is 125 Å². The summed E-state index contributed by atoms with van der Waals surface area (Å²) in [6, 6.07) is 5.04. The average molecular weight is 542 g/mol. The summed E-state index contributed by atoms with van der Waals surface area (Å²) in [5.41, 5.74) is -0.142. The van der Waals surface area contributed by atoms with E-state index in [1.165, 1.54) is 0 Å². The summed E-state index contributed by atoms with van der Waals surface area (Å²) < 4.78 is 5.49. The van der Waals surface area contributed by atoms with Gasteiger partial charge in [0.25, 0.3) is 0 Å². The normalized spacial score (nSPS) is 14.3. The Bertz CT molecular complexity index is 1010. The third-order valence-electron chi connectivity index (χ3n) is 6.02. The van der Waals surface area contributed by atoms with E-state index in [0.29, 0.717) is 29.9 Å². The van der Waals surface area contributed by atoms with E-state index in [1.54, 1.807) is 37.8 Å². The first kappa shape index (κ1) is 34.0. The van der Waals surface area contributed by atoms with Crippen LogP contribution in [0.4, 0.5) is 4.79 Å². The van der Waals surface area contributed by atoms with Crippen molar-refractivity contribution in [2.24, 2.45) is 11.8 Å². The van der Waals surface area contributed by atoms with E-state index in [9.17, 15) is 14.4 Å². The Morgan fingerprint density at radius 3 is 2.03 bits per heavy atom. The number of nitrogens with zero attached hydrogens (tertiary/aromatic N) is 1. The van der Waals surface area contributed by atoms with E-state index >= 15 is 0 Å². The summed E-state index contributed by atoms with van der Waals surface area (Å²) >= 11 is 0. The van der Waals surface area contributed by atoms with Gasteiger partial charge in [-0.3, -0.25) is 9.59 Å². The number of amides is 3. The van der Waals surface area contributed by atoms with Gasteiger partial charge in [-0.2, -0.15) is 0 Å². The van der Waals surface area contributed by atoms with Crippen LogP contribution in [0.1, 0.15) is 113 Å². The number of hydrogen-bond acceptors (Lipinski definition) is 4. The van der Waals surface area contributed by atoms with Crippen LogP contribution in [0.2, 0.25) is 0 Å². The number of ether oxygens (including phenoxy) is 1. The molecule has 0 aliphatic carbocycles. The molecule has 1 aromatic carbocycles. The van der Waals surface area contributed by atoms with E-state index in [1.807, 2.05) is 53.7 Å². The SMILES string of the molecule is C#Cc1ccccc1C(C(=O)NC(C)(C)C)N(C(=O)C(CC(C)C)NC(=O)OC(C)(C)C)C(C)CCC(C)C. The highest BCUT2D eigenvalue weighted by Gasteiger charge is 2.40. The van der Waals surface area contributed by atoms with Gasteiger partial charge in [-0.25, -0.2) is 4.79 Å². The molecule has 0 saturated carbocycles. The monoisotopic (exact) mass is 541 g/mol. The molecule has 0 bridgehead atoms. The third kappa shape index (κ3) is 11.7. The summed E-state index contributed by atoms with van der Waals surface area (Å²) in [5.74, 6) is 2.54. The largest absolute Gasteiger partial charge is 0.444 e. The van der Waals surface area contributed by atoms with Crippen LogP contribution in [-0.2, 0) is 14.3 Å². The summed E-state index contributed by atoms with van der Waals surface area (Å²) in [7, 11) is 0. The van der Waals surface area contributed by atoms with Crippen molar-refractivity contribution >= 4 is 17.9 Å². The van der Waals surface area contributed by atoms with Crippen molar-refractivity contribution in [1.29, 1.82) is 0 Å². The Hall–Kier alpha value is -3.01. The average Bonchev–Trinajstić information content (AvgIpc) is 2.77. The summed E-state index contributed by atoms with van der Waals surface area (Å²) in [6.45, 7) is 21.2. The molecule has 0 aromatic heterocycles. The number of hydrogen-bond donors (Lipinski definition) is 2. The van der Waals surface area contributed by atoms with Gasteiger partial charge in [-0.15, -0.1) is 6.42 Å². The molecule has 7 heteroatoms. The maximum Gasteiger partial charge on any atom is 0.408 e. The number of terminal acetylenes is 1. The van der Waals surface area contributed by atoms with Gasteiger partial charge < -0.3 is 20.3 Å². The van der Waals surface area contributed by atoms with Gasteiger partial charge in [-0.1, -0.05) is 51.8 Å². The predicted octanol–water partition coefficient (Wildman–Crippen LogP) is 6.22. The maximum absolute atomic E-state index is 14.5. The fraction of sp³-hybridized carbons (Fsp3) is 0.656. The fourth-order valence-electron chi connectivity index (χ4n) is 4.36. The van der Waals surface area contributed by atoms with Crippen LogP contribution < -0.4 is 10.6 Å². The van der Waals surface area contributed by atoms with Gasteiger partial charge in [0.05, 0.1) is 0 Å². The zero-order valence-corrected chi connectivity index (χ0v) is 26.0. The first-order valence-corrected chi connectivity index (χ1v) is 14.1. The van der Waals surface area contributed by atoms with Crippen LogP contribution in [0.25, 0.3) is 0 Å². The highest BCUT2D eigenvalue weighted by atomic mass is 16.6. The molecule has 0 saturated heterocycles.